The van der Waals surface area contributed by atoms with E-state index in [-0.39, 0.29) is 18.2 Å². The second-order valence-corrected chi connectivity index (χ2v) is 6.01. The maximum absolute atomic E-state index is 12.2. The Hall–Kier alpha value is -2.86. The number of likely N-dealkylation sites (N-methyl/N-ethyl adjacent to an activating group) is 1. The Morgan fingerprint density at radius 1 is 1.16 bits per heavy atom. The number of aromatic nitrogens is 2. The molecule has 2 aromatic carbocycles. The summed E-state index contributed by atoms with van der Waals surface area (Å²) in [6.07, 6.45) is 0. The Kier molecular flexibility index (Phi) is 5.00. The number of nitrogens with zero attached hydrogens (tertiary/aromatic N) is 2. The van der Waals surface area contributed by atoms with E-state index < -0.39 is 5.97 Å². The zero-order valence-electron chi connectivity index (χ0n) is 13.5. The Morgan fingerprint density at radius 3 is 2.64 bits per heavy atom. The first-order valence-corrected chi connectivity index (χ1v) is 8.01. The summed E-state index contributed by atoms with van der Waals surface area (Å²) >= 11 is 5.84. The molecule has 7 heteroatoms. The van der Waals surface area contributed by atoms with Crippen molar-refractivity contribution in [2.24, 2.45) is 0 Å². The van der Waals surface area contributed by atoms with Crippen LogP contribution in [0.5, 0.6) is 0 Å². The maximum atomic E-state index is 12.2. The van der Waals surface area contributed by atoms with Crippen LogP contribution >= 0.6 is 11.6 Å². The number of hydrogen-bond donors (Lipinski definition) is 1. The molecule has 0 spiro atoms. The van der Waals surface area contributed by atoms with Crippen molar-refractivity contribution in [3.05, 3.63) is 64.8 Å². The summed E-state index contributed by atoms with van der Waals surface area (Å²) < 4.78 is 5.10. The van der Waals surface area contributed by atoms with E-state index in [1.807, 2.05) is 24.3 Å². The number of benzene rings is 2. The molecule has 1 amide bonds. The molecular formula is C18H16ClN3O3. The molecule has 128 valence electrons. The Morgan fingerprint density at radius 2 is 1.88 bits per heavy atom. The molecule has 3 rings (SSSR count). The third kappa shape index (κ3) is 3.97. The van der Waals surface area contributed by atoms with Crippen molar-refractivity contribution >= 4 is 34.4 Å². The lowest BCUT2D eigenvalue weighted by molar-refractivity contribution is -0.133. The molecule has 25 heavy (non-hydrogen) atoms. The first-order chi connectivity index (χ1) is 12.0. The molecule has 1 aromatic heterocycles. The lowest BCUT2D eigenvalue weighted by Crippen LogP contribution is -2.30. The molecule has 1 heterocycles. The molecule has 0 fully saturated rings. The van der Waals surface area contributed by atoms with E-state index in [9.17, 15) is 9.59 Å². The normalized spacial score (nSPS) is 10.6. The number of rotatable bonds is 5. The predicted octanol–water partition coefficient (Wildman–Crippen LogP) is 3.03. The summed E-state index contributed by atoms with van der Waals surface area (Å²) in [5, 5.41) is 8.02. The van der Waals surface area contributed by atoms with Crippen molar-refractivity contribution in [1.29, 1.82) is 0 Å². The van der Waals surface area contributed by atoms with E-state index in [0.717, 1.165) is 11.1 Å². The van der Waals surface area contributed by atoms with Crippen molar-refractivity contribution in [2.75, 3.05) is 13.7 Å². The third-order valence-electron chi connectivity index (χ3n) is 3.75. The number of aromatic amines is 1. The van der Waals surface area contributed by atoms with Crippen molar-refractivity contribution < 1.29 is 14.3 Å². The molecule has 0 unspecified atom stereocenters. The Bertz CT molecular complexity index is 905. The third-order valence-corrected chi connectivity index (χ3v) is 4.00. The minimum Gasteiger partial charge on any atom is -0.451 e. The first kappa shape index (κ1) is 17.0. The van der Waals surface area contributed by atoms with Gasteiger partial charge < -0.3 is 9.64 Å². The number of ether oxygens (including phenoxy) is 1. The van der Waals surface area contributed by atoms with Gasteiger partial charge >= 0.3 is 5.97 Å². The Labute approximate surface area is 149 Å². The smallest absolute Gasteiger partial charge is 0.359 e. The van der Waals surface area contributed by atoms with Crippen LogP contribution < -0.4 is 0 Å². The number of H-pyrrole nitrogens is 1. The Balaban J connectivity index is 1.57. The zero-order valence-corrected chi connectivity index (χ0v) is 14.3. The van der Waals surface area contributed by atoms with Gasteiger partial charge in [-0.1, -0.05) is 41.9 Å². The number of para-hydroxylation sites is 1. The monoisotopic (exact) mass is 357 g/mol. The fourth-order valence-electron chi connectivity index (χ4n) is 2.38. The molecule has 0 aliphatic heterocycles. The molecule has 0 aliphatic rings. The number of esters is 1. The molecule has 0 radical (unpaired) electrons. The molecule has 1 N–H and O–H groups in total. The van der Waals surface area contributed by atoms with E-state index in [4.69, 9.17) is 16.3 Å². The topological polar surface area (TPSA) is 75.3 Å². The van der Waals surface area contributed by atoms with Gasteiger partial charge in [-0.05, 0) is 23.8 Å². The van der Waals surface area contributed by atoms with Crippen molar-refractivity contribution in [2.45, 2.75) is 6.54 Å². The van der Waals surface area contributed by atoms with Crippen molar-refractivity contribution in [1.82, 2.24) is 15.1 Å². The van der Waals surface area contributed by atoms with Gasteiger partial charge in [-0.25, -0.2) is 4.79 Å². The largest absolute Gasteiger partial charge is 0.451 e. The van der Waals surface area contributed by atoms with E-state index >= 15 is 0 Å². The molecule has 0 aliphatic carbocycles. The van der Waals surface area contributed by atoms with E-state index in [2.05, 4.69) is 10.2 Å². The number of fused-ring (bicyclic) bond motifs is 1. The van der Waals surface area contributed by atoms with E-state index in [1.54, 1.807) is 31.3 Å². The molecule has 0 saturated heterocycles. The lowest BCUT2D eigenvalue weighted by Gasteiger charge is -2.17. The van der Waals surface area contributed by atoms with E-state index in [1.165, 1.54) is 4.90 Å². The van der Waals surface area contributed by atoms with Gasteiger partial charge in [0.1, 0.15) is 0 Å². The highest BCUT2D eigenvalue weighted by Gasteiger charge is 2.18. The first-order valence-electron chi connectivity index (χ1n) is 7.63. The number of hydrogen-bond acceptors (Lipinski definition) is 4. The predicted molar refractivity (Wildman–Crippen MR) is 94.3 cm³/mol. The highest BCUT2D eigenvalue weighted by molar-refractivity contribution is 6.30. The van der Waals surface area contributed by atoms with Gasteiger partial charge in [0.15, 0.2) is 12.3 Å². The maximum Gasteiger partial charge on any atom is 0.359 e. The van der Waals surface area contributed by atoms with Gasteiger partial charge in [0, 0.05) is 24.0 Å². The van der Waals surface area contributed by atoms with Gasteiger partial charge in [-0.15, -0.1) is 0 Å². The number of nitrogens with one attached hydrogen (secondary N) is 1. The second-order valence-electron chi connectivity index (χ2n) is 5.57. The van der Waals surface area contributed by atoms with Crippen molar-refractivity contribution in [3.8, 4) is 0 Å². The van der Waals surface area contributed by atoms with Crippen LogP contribution in [-0.2, 0) is 16.1 Å². The van der Waals surface area contributed by atoms with Crippen LogP contribution in [0.3, 0.4) is 0 Å². The van der Waals surface area contributed by atoms with Gasteiger partial charge in [0.05, 0.1) is 5.52 Å². The number of carbonyl (C=O) groups excluding carboxylic acids is 2. The second kappa shape index (κ2) is 7.36. The van der Waals surface area contributed by atoms with Gasteiger partial charge in [0.25, 0.3) is 5.91 Å². The van der Waals surface area contributed by atoms with Crippen LogP contribution in [0, 0.1) is 0 Å². The molecular weight excluding hydrogens is 342 g/mol. The minimum absolute atomic E-state index is 0.170. The number of amides is 1. The summed E-state index contributed by atoms with van der Waals surface area (Å²) in [5.74, 6) is -0.936. The highest BCUT2D eigenvalue weighted by Crippen LogP contribution is 2.16. The van der Waals surface area contributed by atoms with Crippen LogP contribution in [0.15, 0.2) is 48.5 Å². The quantitative estimate of drug-likeness (QED) is 0.712. The summed E-state index contributed by atoms with van der Waals surface area (Å²) in [6, 6.07) is 14.4. The summed E-state index contributed by atoms with van der Waals surface area (Å²) in [6.45, 7) is 0.0585. The average molecular weight is 358 g/mol. The molecule has 0 bridgehead atoms. The van der Waals surface area contributed by atoms with Gasteiger partial charge in [-0.2, -0.15) is 5.10 Å². The fourth-order valence-corrected chi connectivity index (χ4v) is 2.50. The van der Waals surface area contributed by atoms with Gasteiger partial charge in [-0.3, -0.25) is 9.89 Å². The summed E-state index contributed by atoms with van der Waals surface area (Å²) in [7, 11) is 1.65. The molecule has 6 nitrogen and oxygen atoms in total. The summed E-state index contributed by atoms with van der Waals surface area (Å²) in [4.78, 5) is 25.8. The average Bonchev–Trinajstić information content (AvgIpc) is 3.05. The van der Waals surface area contributed by atoms with Gasteiger partial charge in [0.2, 0.25) is 0 Å². The molecule has 3 aromatic rings. The zero-order chi connectivity index (χ0) is 17.8. The van der Waals surface area contributed by atoms with Crippen LogP contribution in [-0.4, -0.2) is 40.6 Å². The van der Waals surface area contributed by atoms with Crippen molar-refractivity contribution in [3.63, 3.8) is 0 Å². The van der Waals surface area contributed by atoms with Crippen LogP contribution in [0.2, 0.25) is 5.02 Å². The summed E-state index contributed by atoms with van der Waals surface area (Å²) in [5.41, 5.74) is 1.84. The van der Waals surface area contributed by atoms with Crippen LogP contribution in [0.25, 0.3) is 10.9 Å². The highest BCUT2D eigenvalue weighted by atomic mass is 35.5. The van der Waals surface area contributed by atoms with E-state index in [0.29, 0.717) is 17.0 Å². The lowest BCUT2D eigenvalue weighted by atomic mass is 10.2. The van der Waals surface area contributed by atoms with Crippen LogP contribution in [0.1, 0.15) is 16.1 Å². The molecule has 0 saturated carbocycles. The fraction of sp³-hybridized carbons (Fsp3) is 0.167. The number of halogens is 1. The van der Waals surface area contributed by atoms with Crippen LogP contribution in [0.4, 0.5) is 0 Å². The molecule has 0 atom stereocenters. The standard InChI is InChI=1S/C18H16ClN3O3/c1-22(10-12-6-8-13(19)9-7-12)16(23)11-25-18(24)17-14-4-2-3-5-15(14)20-21-17/h2-9H,10-11H2,1H3,(H,20,21). The number of carbonyl (C=O) groups is 2. The SMILES string of the molecule is CN(Cc1ccc(Cl)cc1)C(=O)COC(=O)c1n[nH]c2ccccc12. The minimum atomic E-state index is -0.634.